The summed E-state index contributed by atoms with van der Waals surface area (Å²) in [7, 11) is 0. The van der Waals surface area contributed by atoms with Crippen molar-refractivity contribution in [1.29, 1.82) is 0 Å². The van der Waals surface area contributed by atoms with Crippen LogP contribution in [0.2, 0.25) is 0 Å². The number of aromatic carboxylic acids is 1. The number of rotatable bonds is 5. The number of carboxylic acid groups (broad SMARTS) is 1. The molecule has 1 saturated carbocycles. The lowest BCUT2D eigenvalue weighted by Crippen LogP contribution is -2.36. The molecule has 2 aliphatic carbocycles. The minimum absolute atomic E-state index is 0.0182. The van der Waals surface area contributed by atoms with Gasteiger partial charge < -0.3 is 10.4 Å². The van der Waals surface area contributed by atoms with Crippen molar-refractivity contribution in [3.05, 3.63) is 51.4 Å². The summed E-state index contributed by atoms with van der Waals surface area (Å²) in [6.45, 7) is 0. The summed E-state index contributed by atoms with van der Waals surface area (Å²) in [5, 5.41) is 13.1. The van der Waals surface area contributed by atoms with Gasteiger partial charge in [-0.05, 0) is 61.8 Å². The first-order chi connectivity index (χ1) is 14.1. The maximum atomic E-state index is 13.2. The number of thiophene rings is 1. The maximum absolute atomic E-state index is 13.2. The quantitative estimate of drug-likeness (QED) is 0.670. The van der Waals surface area contributed by atoms with E-state index in [1.165, 1.54) is 29.7 Å². The highest BCUT2D eigenvalue weighted by Gasteiger charge is 2.27. The van der Waals surface area contributed by atoms with Crippen LogP contribution in [0.25, 0.3) is 0 Å². The Hall–Kier alpha value is -2.47. The first kappa shape index (κ1) is 19.8. The van der Waals surface area contributed by atoms with E-state index >= 15 is 0 Å². The summed E-state index contributed by atoms with van der Waals surface area (Å²) in [5.41, 5.74) is 3.01. The van der Waals surface area contributed by atoms with Crippen molar-refractivity contribution in [2.45, 2.75) is 63.8 Å². The zero-order chi connectivity index (χ0) is 20.2. The van der Waals surface area contributed by atoms with Gasteiger partial charge in [-0.3, -0.25) is 4.79 Å². The minimum atomic E-state index is -0.943. The highest BCUT2D eigenvalue weighted by Crippen LogP contribution is 2.40. The second-order valence-corrected chi connectivity index (χ2v) is 8.97. The molecule has 6 heteroatoms. The molecule has 0 aliphatic heterocycles. The number of carbonyl (C=O) groups is 2. The number of nitrogens with zero attached hydrogens (tertiary/aromatic N) is 1. The first-order valence-corrected chi connectivity index (χ1v) is 11.3. The monoisotopic (exact) mass is 410 g/mol. The summed E-state index contributed by atoms with van der Waals surface area (Å²) in [4.78, 5) is 30.1. The summed E-state index contributed by atoms with van der Waals surface area (Å²) in [5.74, 6) is -0.925. The van der Waals surface area contributed by atoms with Crippen LogP contribution >= 0.6 is 11.3 Å². The van der Waals surface area contributed by atoms with Crippen LogP contribution < -0.4 is 5.32 Å². The molecule has 1 aromatic heterocycles. The van der Waals surface area contributed by atoms with E-state index in [9.17, 15) is 9.59 Å². The number of amides is 1. The number of benzene rings is 1. The molecule has 152 valence electrons. The van der Waals surface area contributed by atoms with Crippen molar-refractivity contribution in [3.63, 3.8) is 0 Å². The summed E-state index contributed by atoms with van der Waals surface area (Å²) in [6.07, 6.45) is 11.7. The van der Waals surface area contributed by atoms with Crippen molar-refractivity contribution in [3.8, 4) is 0 Å². The van der Waals surface area contributed by atoms with Gasteiger partial charge in [0.2, 0.25) is 0 Å². The number of nitrogens with one attached hydrogen (secondary N) is 1. The summed E-state index contributed by atoms with van der Waals surface area (Å²) < 4.78 is 0. The number of aryl methyl sites for hydroxylation is 1. The van der Waals surface area contributed by atoms with Crippen molar-refractivity contribution in [2.75, 3.05) is 0 Å². The van der Waals surface area contributed by atoms with Crippen LogP contribution in [0.5, 0.6) is 0 Å². The number of aliphatic imine (C=N–C) groups is 1. The Kier molecular flexibility index (Phi) is 6.09. The van der Waals surface area contributed by atoms with Crippen LogP contribution in [0, 0.1) is 0 Å². The average molecular weight is 411 g/mol. The van der Waals surface area contributed by atoms with E-state index in [-0.39, 0.29) is 17.5 Å². The van der Waals surface area contributed by atoms with Crippen LogP contribution in [-0.4, -0.2) is 29.2 Å². The van der Waals surface area contributed by atoms with Crippen LogP contribution in [-0.2, 0) is 12.8 Å². The molecule has 1 fully saturated rings. The van der Waals surface area contributed by atoms with Crippen LogP contribution in [0.1, 0.15) is 81.7 Å². The van der Waals surface area contributed by atoms with Gasteiger partial charge in [0, 0.05) is 17.1 Å². The molecule has 2 aliphatic rings. The standard InChI is InChI=1S/C23H26N2O3S/c26-21(25-17-6-2-1-3-7-17)20-18-8-4-5-9-19(18)29-22(20)24-14-15-10-12-16(13-11-15)23(27)28/h10-14,17H,1-9H2,(H,25,26)(H,27,28). The molecule has 5 nitrogen and oxygen atoms in total. The summed E-state index contributed by atoms with van der Waals surface area (Å²) in [6, 6.07) is 6.89. The topological polar surface area (TPSA) is 78.8 Å². The second kappa shape index (κ2) is 8.91. The fourth-order valence-corrected chi connectivity index (χ4v) is 5.46. The Labute approximate surface area is 174 Å². The zero-order valence-electron chi connectivity index (χ0n) is 16.4. The van der Waals surface area contributed by atoms with Crippen molar-refractivity contribution >= 4 is 34.4 Å². The fourth-order valence-electron chi connectivity index (χ4n) is 4.23. The van der Waals surface area contributed by atoms with Gasteiger partial charge in [-0.25, -0.2) is 9.79 Å². The zero-order valence-corrected chi connectivity index (χ0v) is 17.3. The molecule has 0 unspecified atom stereocenters. The lowest BCUT2D eigenvalue weighted by molar-refractivity contribution is 0.0696. The third-order valence-electron chi connectivity index (χ3n) is 5.81. The predicted octanol–water partition coefficient (Wildman–Crippen LogP) is 5.14. The molecule has 1 amide bonds. The number of hydrogen-bond acceptors (Lipinski definition) is 4. The van der Waals surface area contributed by atoms with E-state index in [0.717, 1.165) is 54.7 Å². The Morgan fingerprint density at radius 1 is 1.03 bits per heavy atom. The van der Waals surface area contributed by atoms with Gasteiger partial charge in [0.15, 0.2) is 0 Å². The van der Waals surface area contributed by atoms with E-state index in [1.807, 2.05) is 0 Å². The lowest BCUT2D eigenvalue weighted by Gasteiger charge is -2.23. The lowest BCUT2D eigenvalue weighted by atomic mass is 9.93. The number of carboxylic acids is 1. The Morgan fingerprint density at radius 3 is 2.48 bits per heavy atom. The molecule has 0 spiro atoms. The van der Waals surface area contributed by atoms with Gasteiger partial charge in [-0.15, -0.1) is 11.3 Å². The van der Waals surface area contributed by atoms with E-state index in [2.05, 4.69) is 10.3 Å². The number of hydrogen-bond donors (Lipinski definition) is 2. The minimum Gasteiger partial charge on any atom is -0.478 e. The van der Waals surface area contributed by atoms with Gasteiger partial charge >= 0.3 is 5.97 Å². The third kappa shape index (κ3) is 4.58. The molecular formula is C23H26N2O3S. The average Bonchev–Trinajstić information content (AvgIpc) is 3.12. The van der Waals surface area contributed by atoms with E-state index < -0.39 is 5.97 Å². The van der Waals surface area contributed by atoms with Gasteiger partial charge in [0.25, 0.3) is 5.91 Å². The predicted molar refractivity (Wildman–Crippen MR) is 116 cm³/mol. The Morgan fingerprint density at radius 2 is 1.76 bits per heavy atom. The molecule has 2 aromatic rings. The SMILES string of the molecule is O=C(O)c1ccc(C=Nc2sc3c(c2C(=O)NC2CCCCC2)CCCC3)cc1. The Balaban J connectivity index is 1.59. The molecule has 0 radical (unpaired) electrons. The fraction of sp³-hybridized carbons (Fsp3) is 0.435. The highest BCUT2D eigenvalue weighted by molar-refractivity contribution is 7.16. The largest absolute Gasteiger partial charge is 0.478 e. The van der Waals surface area contributed by atoms with Crippen molar-refractivity contribution in [1.82, 2.24) is 5.32 Å². The van der Waals surface area contributed by atoms with Crippen molar-refractivity contribution < 1.29 is 14.7 Å². The highest BCUT2D eigenvalue weighted by atomic mass is 32.1. The molecule has 0 bridgehead atoms. The second-order valence-electron chi connectivity index (χ2n) is 7.88. The molecule has 29 heavy (non-hydrogen) atoms. The van der Waals surface area contributed by atoms with Crippen LogP contribution in [0.15, 0.2) is 29.3 Å². The smallest absolute Gasteiger partial charge is 0.335 e. The van der Waals surface area contributed by atoms with Crippen LogP contribution in [0.3, 0.4) is 0 Å². The van der Waals surface area contributed by atoms with E-state index in [4.69, 9.17) is 5.11 Å². The Bertz CT molecular complexity index is 924. The molecule has 1 heterocycles. The van der Waals surface area contributed by atoms with E-state index in [0.29, 0.717) is 0 Å². The van der Waals surface area contributed by atoms with Gasteiger partial charge in [-0.1, -0.05) is 31.4 Å². The van der Waals surface area contributed by atoms with Gasteiger partial charge in [0.1, 0.15) is 5.00 Å². The molecular weight excluding hydrogens is 384 g/mol. The molecule has 2 N–H and O–H groups in total. The number of fused-ring (bicyclic) bond motifs is 1. The van der Waals surface area contributed by atoms with Gasteiger partial charge in [0.05, 0.1) is 11.1 Å². The maximum Gasteiger partial charge on any atom is 0.335 e. The third-order valence-corrected chi connectivity index (χ3v) is 7.01. The molecule has 4 rings (SSSR count). The van der Waals surface area contributed by atoms with Gasteiger partial charge in [-0.2, -0.15) is 0 Å². The first-order valence-electron chi connectivity index (χ1n) is 10.4. The molecule has 1 aromatic carbocycles. The number of carbonyl (C=O) groups excluding carboxylic acids is 1. The normalized spacial score (nSPS) is 17.2. The molecule has 0 atom stereocenters. The summed E-state index contributed by atoms with van der Waals surface area (Å²) >= 11 is 1.63. The van der Waals surface area contributed by atoms with Crippen LogP contribution in [0.4, 0.5) is 5.00 Å². The molecule has 0 saturated heterocycles. The van der Waals surface area contributed by atoms with E-state index in [1.54, 1.807) is 41.8 Å². The van der Waals surface area contributed by atoms with Crippen molar-refractivity contribution in [2.24, 2.45) is 4.99 Å².